The Kier molecular flexibility index (Phi) is 16.4. The second-order valence-corrected chi connectivity index (χ2v) is 6.33. The van der Waals surface area contributed by atoms with Gasteiger partial charge in [0.25, 0.3) is 0 Å². The molecule has 0 aromatic rings. The fourth-order valence-electron chi connectivity index (χ4n) is 2.68. The first kappa shape index (κ1) is 21.9. The van der Waals surface area contributed by atoms with Crippen LogP contribution in [0.25, 0.3) is 0 Å². The van der Waals surface area contributed by atoms with Crippen LogP contribution in [-0.2, 0) is 9.59 Å². The van der Waals surface area contributed by atoms with Crippen LogP contribution in [-0.4, -0.2) is 18.7 Å². The molecule has 0 aliphatic rings. The highest BCUT2D eigenvalue weighted by Crippen LogP contribution is 2.14. The van der Waals surface area contributed by atoms with Gasteiger partial charge in [0.1, 0.15) is 6.29 Å². The first-order chi connectivity index (χ1) is 11.3. The second kappa shape index (κ2) is 17.2. The number of aldehydes is 1. The summed E-state index contributed by atoms with van der Waals surface area (Å²) in [5.74, 6) is -0.0569. The lowest BCUT2D eigenvalue weighted by atomic mass is 10.0. The fraction of sp³-hybridized carbons (Fsp3) is 0.800. The summed E-state index contributed by atoms with van der Waals surface area (Å²) in [6.07, 6.45) is 18.3. The van der Waals surface area contributed by atoms with Gasteiger partial charge >= 0.3 is 0 Å². The van der Waals surface area contributed by atoms with E-state index in [2.05, 4.69) is 25.2 Å². The molecule has 23 heavy (non-hydrogen) atoms. The molecule has 0 fully saturated rings. The number of rotatable bonds is 16. The number of unbranched alkanes of at least 4 members (excludes halogenated alkanes) is 10. The van der Waals surface area contributed by atoms with Crippen molar-refractivity contribution in [3.8, 4) is 0 Å². The van der Waals surface area contributed by atoms with Crippen LogP contribution in [0.3, 0.4) is 0 Å². The zero-order chi connectivity index (χ0) is 17.2. The Bertz CT molecular complexity index is 324. The summed E-state index contributed by atoms with van der Waals surface area (Å²) in [6, 6.07) is 0. The topological polar surface area (TPSA) is 46.2 Å². The first-order valence-corrected chi connectivity index (χ1v) is 9.67. The Morgan fingerprint density at radius 1 is 0.826 bits per heavy atom. The van der Waals surface area contributed by atoms with Crippen molar-refractivity contribution < 1.29 is 9.59 Å². The lowest BCUT2D eigenvalue weighted by Crippen LogP contribution is -2.26. The van der Waals surface area contributed by atoms with E-state index in [1.165, 1.54) is 57.8 Å². The van der Waals surface area contributed by atoms with Crippen molar-refractivity contribution in [1.82, 2.24) is 5.32 Å². The predicted molar refractivity (Wildman–Crippen MR) is 98.5 cm³/mol. The minimum absolute atomic E-state index is 0.0569. The molecule has 0 unspecified atom stereocenters. The zero-order valence-corrected chi connectivity index (χ0v) is 15.4. The van der Waals surface area contributed by atoms with Crippen LogP contribution in [0.15, 0.2) is 11.6 Å². The highest BCUT2D eigenvalue weighted by Gasteiger charge is 2.08. The third-order valence-corrected chi connectivity index (χ3v) is 4.14. The molecule has 1 amide bonds. The Balaban J connectivity index is 4.10. The third-order valence-electron chi connectivity index (χ3n) is 4.14. The molecule has 0 aromatic heterocycles. The van der Waals surface area contributed by atoms with Gasteiger partial charge in [-0.05, 0) is 25.7 Å². The molecular formula is C20H37NO2. The van der Waals surface area contributed by atoms with Gasteiger partial charge in [-0.15, -0.1) is 0 Å². The van der Waals surface area contributed by atoms with E-state index in [9.17, 15) is 9.59 Å². The smallest absolute Gasteiger partial charge is 0.247 e. The van der Waals surface area contributed by atoms with E-state index in [4.69, 9.17) is 0 Å². The number of carbonyl (C=O) groups excluding carboxylic acids is 2. The van der Waals surface area contributed by atoms with E-state index in [1.54, 1.807) is 0 Å². The van der Waals surface area contributed by atoms with E-state index in [-0.39, 0.29) is 12.5 Å². The molecule has 3 heteroatoms. The van der Waals surface area contributed by atoms with Crippen LogP contribution < -0.4 is 5.32 Å². The van der Waals surface area contributed by atoms with E-state index >= 15 is 0 Å². The second-order valence-electron chi connectivity index (χ2n) is 6.33. The molecule has 0 bridgehead atoms. The maximum absolute atomic E-state index is 12.1. The van der Waals surface area contributed by atoms with Crippen molar-refractivity contribution in [2.45, 2.75) is 97.3 Å². The summed E-state index contributed by atoms with van der Waals surface area (Å²) < 4.78 is 0. The third kappa shape index (κ3) is 14.2. The Hall–Kier alpha value is -1.12. The average Bonchev–Trinajstić information content (AvgIpc) is 2.56. The van der Waals surface area contributed by atoms with Crippen molar-refractivity contribution in [3.05, 3.63) is 11.6 Å². The number of allylic oxidation sites excluding steroid dienone is 1. The number of hydrogen-bond acceptors (Lipinski definition) is 2. The molecule has 0 heterocycles. The molecule has 0 saturated carbocycles. The van der Waals surface area contributed by atoms with Crippen molar-refractivity contribution in [3.63, 3.8) is 0 Å². The number of nitrogens with one attached hydrogen (secondary N) is 1. The Morgan fingerprint density at radius 2 is 1.39 bits per heavy atom. The van der Waals surface area contributed by atoms with Crippen LogP contribution in [0.4, 0.5) is 0 Å². The molecule has 0 rings (SSSR count). The van der Waals surface area contributed by atoms with E-state index in [1.807, 2.05) is 0 Å². The molecule has 1 N–H and O–H groups in total. The van der Waals surface area contributed by atoms with E-state index in [0.29, 0.717) is 0 Å². The van der Waals surface area contributed by atoms with Gasteiger partial charge in [0.05, 0.1) is 6.54 Å². The van der Waals surface area contributed by atoms with Gasteiger partial charge in [0.2, 0.25) is 5.91 Å². The molecule has 0 aliphatic carbocycles. The monoisotopic (exact) mass is 323 g/mol. The Labute approximate surface area is 143 Å². The molecule has 0 spiro atoms. The van der Waals surface area contributed by atoms with Crippen molar-refractivity contribution in [2.24, 2.45) is 0 Å². The summed E-state index contributed by atoms with van der Waals surface area (Å²) in [7, 11) is 0. The largest absolute Gasteiger partial charge is 0.346 e. The molecule has 0 aliphatic heterocycles. The standard InChI is InChI=1S/C20H37NO2/c1-3-5-7-9-10-12-14-16-19(20(23)21-17-18-22)15-13-11-8-6-4-2/h16,18H,3-15,17H2,1-2H3,(H,21,23)/b19-16-. The van der Waals surface area contributed by atoms with E-state index < -0.39 is 0 Å². The van der Waals surface area contributed by atoms with Crippen LogP contribution in [0.1, 0.15) is 97.3 Å². The zero-order valence-electron chi connectivity index (χ0n) is 15.4. The predicted octanol–water partition coefficient (Wildman–Crippen LogP) is 5.34. The number of hydrogen-bond donors (Lipinski definition) is 1. The van der Waals surface area contributed by atoms with Gasteiger partial charge in [-0.3, -0.25) is 4.79 Å². The van der Waals surface area contributed by atoms with Crippen molar-refractivity contribution >= 4 is 12.2 Å². The lowest BCUT2D eigenvalue weighted by molar-refractivity contribution is -0.119. The van der Waals surface area contributed by atoms with Crippen molar-refractivity contribution in [1.29, 1.82) is 0 Å². The molecule has 3 nitrogen and oxygen atoms in total. The lowest BCUT2D eigenvalue weighted by Gasteiger charge is -2.08. The molecule has 0 radical (unpaired) electrons. The van der Waals surface area contributed by atoms with Gasteiger partial charge < -0.3 is 10.1 Å². The van der Waals surface area contributed by atoms with Crippen LogP contribution in [0, 0.1) is 0 Å². The van der Waals surface area contributed by atoms with Crippen molar-refractivity contribution in [2.75, 3.05) is 6.54 Å². The summed E-state index contributed by atoms with van der Waals surface area (Å²) in [5.41, 5.74) is 0.872. The minimum atomic E-state index is -0.0569. The number of amides is 1. The number of carbonyl (C=O) groups is 2. The van der Waals surface area contributed by atoms with Gasteiger partial charge in [-0.1, -0.05) is 77.7 Å². The molecular weight excluding hydrogens is 286 g/mol. The molecule has 0 saturated heterocycles. The van der Waals surface area contributed by atoms with Gasteiger partial charge in [-0.2, -0.15) is 0 Å². The summed E-state index contributed by atoms with van der Waals surface area (Å²) in [6.45, 7) is 4.55. The normalized spacial score (nSPS) is 11.5. The first-order valence-electron chi connectivity index (χ1n) is 9.67. The summed E-state index contributed by atoms with van der Waals surface area (Å²) in [4.78, 5) is 22.5. The molecule has 0 atom stereocenters. The van der Waals surface area contributed by atoms with Crippen LogP contribution in [0.2, 0.25) is 0 Å². The highest BCUT2D eigenvalue weighted by atomic mass is 16.2. The van der Waals surface area contributed by atoms with Gasteiger partial charge in [-0.25, -0.2) is 0 Å². The average molecular weight is 324 g/mol. The Morgan fingerprint density at radius 3 is 2.00 bits per heavy atom. The maximum Gasteiger partial charge on any atom is 0.247 e. The van der Waals surface area contributed by atoms with E-state index in [0.717, 1.165) is 37.5 Å². The quantitative estimate of drug-likeness (QED) is 0.237. The summed E-state index contributed by atoms with van der Waals surface area (Å²) in [5, 5.41) is 2.68. The summed E-state index contributed by atoms with van der Waals surface area (Å²) >= 11 is 0. The maximum atomic E-state index is 12.1. The van der Waals surface area contributed by atoms with Gasteiger partial charge in [0.15, 0.2) is 0 Å². The minimum Gasteiger partial charge on any atom is -0.346 e. The molecule has 0 aromatic carbocycles. The fourth-order valence-corrected chi connectivity index (χ4v) is 2.68. The SMILES string of the molecule is CCCCCCCC/C=C(/CCCCCCC)C(=O)NCC=O. The van der Waals surface area contributed by atoms with Crippen LogP contribution in [0.5, 0.6) is 0 Å². The van der Waals surface area contributed by atoms with Crippen LogP contribution >= 0.6 is 0 Å². The van der Waals surface area contributed by atoms with Gasteiger partial charge in [0, 0.05) is 5.57 Å². The molecule has 134 valence electrons. The highest BCUT2D eigenvalue weighted by molar-refractivity contribution is 5.94.